The SMILES string of the molecule is FP(N=[P+](F)OC(F)(F)C(F)(F)F)OCC(F)(F)F. The van der Waals surface area contributed by atoms with Crippen LogP contribution in [0, 0.1) is 0 Å². The number of halogens is 10. The van der Waals surface area contributed by atoms with Crippen LogP contribution in [0.2, 0.25) is 0 Å². The summed E-state index contributed by atoms with van der Waals surface area (Å²) in [6, 6.07) is 0. The Kier molecular flexibility index (Phi) is 6.38. The molecule has 0 fully saturated rings. The summed E-state index contributed by atoms with van der Waals surface area (Å²) in [6.45, 7) is -2.21. The fourth-order valence-corrected chi connectivity index (χ4v) is 1.71. The summed E-state index contributed by atoms with van der Waals surface area (Å²) < 4.78 is 125. The standard InChI is InChI=1S/C4H2F10NO2P2/c5-2(6,7)1-16-18(13)15-19(14)17-4(11,12)3(8,9)10/h1H2/q+1. The van der Waals surface area contributed by atoms with Gasteiger partial charge in [0.2, 0.25) is 0 Å². The van der Waals surface area contributed by atoms with Crippen molar-refractivity contribution in [3.63, 3.8) is 0 Å². The summed E-state index contributed by atoms with van der Waals surface area (Å²) in [6.07, 6.45) is -17.2. The summed E-state index contributed by atoms with van der Waals surface area (Å²) in [4.78, 5) is 0. The first-order chi connectivity index (χ1) is 8.24. The van der Waals surface area contributed by atoms with Crippen LogP contribution in [-0.2, 0) is 9.05 Å². The van der Waals surface area contributed by atoms with E-state index < -0.39 is 41.9 Å². The van der Waals surface area contributed by atoms with Crippen molar-refractivity contribution in [2.75, 3.05) is 6.61 Å². The van der Waals surface area contributed by atoms with Crippen molar-refractivity contribution in [2.24, 2.45) is 4.52 Å². The van der Waals surface area contributed by atoms with Gasteiger partial charge in [-0.1, -0.05) is 0 Å². The predicted octanol–water partition coefficient (Wildman–Crippen LogP) is 5.40. The van der Waals surface area contributed by atoms with E-state index in [0.717, 1.165) is 0 Å². The molecule has 0 radical (unpaired) electrons. The van der Waals surface area contributed by atoms with Crippen LogP contribution in [0.3, 0.4) is 0 Å². The summed E-state index contributed by atoms with van der Waals surface area (Å²) in [5.74, 6) is 0. The number of hydrogen-bond acceptors (Lipinski definition) is 3. The van der Waals surface area contributed by atoms with Crippen LogP contribution in [-0.4, -0.2) is 25.1 Å². The molecule has 0 saturated carbocycles. The zero-order chi connectivity index (χ0) is 15.5. The highest BCUT2D eigenvalue weighted by Crippen LogP contribution is 2.53. The molecule has 0 aromatic carbocycles. The van der Waals surface area contributed by atoms with E-state index in [0.29, 0.717) is 0 Å². The minimum absolute atomic E-state index is 1.85. The summed E-state index contributed by atoms with van der Waals surface area (Å²) >= 11 is 0. The lowest BCUT2D eigenvalue weighted by molar-refractivity contribution is -0.359. The van der Waals surface area contributed by atoms with E-state index in [2.05, 4.69) is 9.05 Å². The Bertz CT molecular complexity index is 326. The van der Waals surface area contributed by atoms with Gasteiger partial charge < -0.3 is 4.52 Å². The largest absolute Gasteiger partial charge is 0.625 e. The zero-order valence-electron chi connectivity index (χ0n) is 8.14. The molecule has 0 rings (SSSR count). The number of alkyl halides is 8. The van der Waals surface area contributed by atoms with E-state index in [1.54, 1.807) is 0 Å². The monoisotopic (exact) mass is 348 g/mol. The van der Waals surface area contributed by atoms with E-state index in [4.69, 9.17) is 0 Å². The molecular weight excluding hydrogens is 346 g/mol. The van der Waals surface area contributed by atoms with Crippen LogP contribution >= 0.6 is 16.9 Å². The molecule has 0 spiro atoms. The van der Waals surface area contributed by atoms with Gasteiger partial charge in [0.05, 0.1) is 4.20 Å². The van der Waals surface area contributed by atoms with Gasteiger partial charge >= 0.3 is 35.3 Å². The molecule has 0 aliphatic rings. The van der Waals surface area contributed by atoms with Gasteiger partial charge in [0.1, 0.15) is 0 Å². The van der Waals surface area contributed by atoms with Gasteiger partial charge in [-0.15, -0.1) is 0 Å². The fraction of sp³-hybridized carbons (Fsp3) is 1.00. The van der Waals surface area contributed by atoms with E-state index in [1.807, 2.05) is 4.52 Å². The summed E-state index contributed by atoms with van der Waals surface area (Å²) in [5.41, 5.74) is 0. The Labute approximate surface area is 100 Å². The second-order valence-corrected chi connectivity index (χ2v) is 4.60. The highest BCUT2D eigenvalue weighted by molar-refractivity contribution is 7.53. The van der Waals surface area contributed by atoms with Gasteiger partial charge in [0.15, 0.2) is 6.61 Å². The molecule has 0 bridgehead atoms. The van der Waals surface area contributed by atoms with Crippen LogP contribution in [0.4, 0.5) is 43.5 Å². The van der Waals surface area contributed by atoms with E-state index in [-0.39, 0.29) is 0 Å². The van der Waals surface area contributed by atoms with Crippen molar-refractivity contribution in [3.8, 4) is 0 Å². The molecular formula is C4H2F10NO2P2+. The first kappa shape index (κ1) is 18.8. The average molecular weight is 348 g/mol. The van der Waals surface area contributed by atoms with Gasteiger partial charge in [-0.2, -0.15) is 39.3 Å². The molecule has 0 saturated heterocycles. The minimum Gasteiger partial charge on any atom is -0.301 e. The fourth-order valence-electron chi connectivity index (χ4n) is 0.372. The van der Waals surface area contributed by atoms with Gasteiger partial charge in [-0.05, 0) is 4.52 Å². The number of rotatable bonds is 5. The van der Waals surface area contributed by atoms with Crippen molar-refractivity contribution in [3.05, 3.63) is 0 Å². The topological polar surface area (TPSA) is 30.8 Å². The third-order valence-electron chi connectivity index (χ3n) is 0.995. The lowest BCUT2D eigenvalue weighted by Gasteiger charge is -2.11. The molecule has 15 heteroatoms. The van der Waals surface area contributed by atoms with Crippen molar-refractivity contribution >= 4 is 16.9 Å². The normalized spacial score (nSPS) is 16.6. The van der Waals surface area contributed by atoms with E-state index in [1.165, 1.54) is 0 Å². The molecule has 114 valence electrons. The molecule has 0 heterocycles. The van der Waals surface area contributed by atoms with Crippen LogP contribution in [0.1, 0.15) is 0 Å². The molecule has 2 unspecified atom stereocenters. The summed E-state index contributed by atoms with van der Waals surface area (Å²) in [5, 5.41) is 0. The lowest BCUT2D eigenvalue weighted by Crippen LogP contribution is -2.36. The maximum absolute atomic E-state index is 12.4. The third-order valence-corrected chi connectivity index (χ3v) is 2.84. The molecule has 3 nitrogen and oxygen atoms in total. The van der Waals surface area contributed by atoms with Crippen LogP contribution in [0.15, 0.2) is 4.52 Å². The smallest absolute Gasteiger partial charge is 0.301 e. The first-order valence-electron chi connectivity index (χ1n) is 3.71. The highest BCUT2D eigenvalue weighted by atomic mass is 31.2. The Morgan fingerprint density at radius 1 is 1.00 bits per heavy atom. The Balaban J connectivity index is 4.50. The van der Waals surface area contributed by atoms with Crippen LogP contribution in [0.5, 0.6) is 0 Å². The maximum Gasteiger partial charge on any atom is 0.625 e. The number of nitrogens with zero attached hydrogens (tertiary/aromatic N) is 1. The predicted molar refractivity (Wildman–Crippen MR) is 42.6 cm³/mol. The van der Waals surface area contributed by atoms with E-state index in [9.17, 15) is 43.5 Å². The molecule has 0 aromatic rings. The molecule has 0 aliphatic heterocycles. The van der Waals surface area contributed by atoms with Crippen molar-refractivity contribution in [1.29, 1.82) is 0 Å². The zero-order valence-corrected chi connectivity index (χ0v) is 9.93. The Morgan fingerprint density at radius 3 is 1.84 bits per heavy atom. The average Bonchev–Trinajstić information content (AvgIpc) is 2.10. The maximum atomic E-state index is 12.4. The number of hydrogen-bond donors (Lipinski definition) is 0. The van der Waals surface area contributed by atoms with Gasteiger partial charge in [0.25, 0.3) is 0 Å². The van der Waals surface area contributed by atoms with Crippen LogP contribution < -0.4 is 0 Å². The Hall–Kier alpha value is -0.250. The first-order valence-corrected chi connectivity index (χ1v) is 5.92. The van der Waals surface area contributed by atoms with E-state index >= 15 is 0 Å². The van der Waals surface area contributed by atoms with Crippen molar-refractivity contribution in [1.82, 2.24) is 0 Å². The molecule has 0 N–H and O–H groups in total. The molecule has 0 aromatic heterocycles. The second kappa shape index (κ2) is 6.47. The van der Waals surface area contributed by atoms with Crippen LogP contribution in [0.25, 0.3) is 0 Å². The molecule has 19 heavy (non-hydrogen) atoms. The highest BCUT2D eigenvalue weighted by Gasteiger charge is 2.65. The minimum atomic E-state index is -6.28. The quantitative estimate of drug-likeness (QED) is 0.492. The van der Waals surface area contributed by atoms with Crippen molar-refractivity contribution in [2.45, 2.75) is 18.5 Å². The van der Waals surface area contributed by atoms with Gasteiger partial charge in [-0.25, -0.2) is 0 Å². The van der Waals surface area contributed by atoms with Gasteiger partial charge in [-0.3, -0.25) is 0 Å². The lowest BCUT2D eigenvalue weighted by atomic mass is 10.6. The second-order valence-electron chi connectivity index (χ2n) is 2.54. The molecule has 0 aliphatic carbocycles. The van der Waals surface area contributed by atoms with Crippen molar-refractivity contribution < 1.29 is 52.6 Å². The van der Waals surface area contributed by atoms with Gasteiger partial charge in [0, 0.05) is 4.52 Å². The molecule has 0 amide bonds. The Morgan fingerprint density at radius 2 is 1.47 bits per heavy atom. The third kappa shape index (κ3) is 7.81. The molecule has 2 atom stereocenters. The summed E-state index contributed by atoms with van der Waals surface area (Å²) in [7, 11) is -8.54.